The molecule has 0 saturated heterocycles. The standard InChI is InChI=1S/C10H8Cl2OS/c11-9(7-3-1-5-13-7)10(12)8-4-2-6-14-8/h1-6,9-10H. The van der Waals surface area contributed by atoms with Crippen LogP contribution in [0.25, 0.3) is 0 Å². The predicted octanol–water partition coefficient (Wildman–Crippen LogP) is 4.60. The van der Waals surface area contributed by atoms with E-state index in [1.807, 2.05) is 29.6 Å². The van der Waals surface area contributed by atoms with E-state index in [1.165, 1.54) is 0 Å². The molecule has 0 N–H and O–H groups in total. The van der Waals surface area contributed by atoms with Gasteiger partial charge in [0.2, 0.25) is 0 Å². The van der Waals surface area contributed by atoms with Gasteiger partial charge in [0.25, 0.3) is 0 Å². The van der Waals surface area contributed by atoms with Gasteiger partial charge in [0, 0.05) is 4.88 Å². The van der Waals surface area contributed by atoms with Crippen molar-refractivity contribution in [3.05, 3.63) is 46.5 Å². The second-order valence-electron chi connectivity index (χ2n) is 2.83. The minimum atomic E-state index is -0.315. The largest absolute Gasteiger partial charge is 0.468 e. The van der Waals surface area contributed by atoms with Gasteiger partial charge in [-0.25, -0.2) is 0 Å². The van der Waals surface area contributed by atoms with Crippen LogP contribution in [-0.4, -0.2) is 0 Å². The normalized spacial score (nSPS) is 15.3. The van der Waals surface area contributed by atoms with Crippen molar-refractivity contribution in [1.82, 2.24) is 0 Å². The smallest absolute Gasteiger partial charge is 0.123 e. The maximum Gasteiger partial charge on any atom is 0.123 e. The van der Waals surface area contributed by atoms with Gasteiger partial charge in [-0.2, -0.15) is 0 Å². The van der Waals surface area contributed by atoms with E-state index in [0.29, 0.717) is 5.76 Å². The van der Waals surface area contributed by atoms with Crippen molar-refractivity contribution >= 4 is 34.5 Å². The van der Waals surface area contributed by atoms with Crippen LogP contribution in [0.2, 0.25) is 0 Å². The zero-order chi connectivity index (χ0) is 9.97. The van der Waals surface area contributed by atoms with Gasteiger partial charge in [0.05, 0.1) is 11.6 Å². The summed E-state index contributed by atoms with van der Waals surface area (Å²) >= 11 is 14.0. The molecule has 4 heteroatoms. The molecule has 0 saturated carbocycles. The van der Waals surface area contributed by atoms with Crippen molar-refractivity contribution in [3.8, 4) is 0 Å². The van der Waals surface area contributed by atoms with Crippen LogP contribution < -0.4 is 0 Å². The molecule has 2 rings (SSSR count). The summed E-state index contributed by atoms with van der Waals surface area (Å²) in [5.41, 5.74) is 0. The van der Waals surface area contributed by atoms with E-state index in [4.69, 9.17) is 27.6 Å². The number of rotatable bonds is 3. The van der Waals surface area contributed by atoms with Gasteiger partial charge < -0.3 is 4.42 Å². The van der Waals surface area contributed by atoms with Crippen LogP contribution in [0.3, 0.4) is 0 Å². The van der Waals surface area contributed by atoms with E-state index in [9.17, 15) is 0 Å². The van der Waals surface area contributed by atoms with Crippen molar-refractivity contribution in [1.29, 1.82) is 0 Å². The van der Waals surface area contributed by atoms with E-state index < -0.39 is 0 Å². The zero-order valence-electron chi connectivity index (χ0n) is 7.19. The molecule has 0 radical (unpaired) electrons. The highest BCUT2D eigenvalue weighted by Crippen LogP contribution is 2.41. The molecule has 14 heavy (non-hydrogen) atoms. The first-order chi connectivity index (χ1) is 6.79. The first-order valence-corrected chi connectivity index (χ1v) is 5.89. The van der Waals surface area contributed by atoms with Crippen molar-refractivity contribution < 1.29 is 4.42 Å². The summed E-state index contributed by atoms with van der Waals surface area (Å²) in [5, 5.41) is 1.43. The molecule has 0 aliphatic rings. The second-order valence-corrected chi connectivity index (χ2v) is 4.75. The highest BCUT2D eigenvalue weighted by Gasteiger charge is 2.23. The number of halogens is 2. The second kappa shape index (κ2) is 4.39. The van der Waals surface area contributed by atoms with Crippen molar-refractivity contribution in [3.63, 3.8) is 0 Å². The van der Waals surface area contributed by atoms with Gasteiger partial charge >= 0.3 is 0 Å². The summed E-state index contributed by atoms with van der Waals surface area (Å²) in [6, 6.07) is 7.57. The van der Waals surface area contributed by atoms with Crippen LogP contribution in [0, 0.1) is 0 Å². The quantitative estimate of drug-likeness (QED) is 0.722. The summed E-state index contributed by atoms with van der Waals surface area (Å²) in [4.78, 5) is 1.06. The van der Waals surface area contributed by atoms with Crippen LogP contribution in [0.5, 0.6) is 0 Å². The van der Waals surface area contributed by atoms with Gasteiger partial charge in [0.1, 0.15) is 11.1 Å². The Morgan fingerprint density at radius 2 is 2.00 bits per heavy atom. The molecule has 2 heterocycles. The Hall–Kier alpha value is -0.440. The number of furan rings is 1. The van der Waals surface area contributed by atoms with Gasteiger partial charge in [0.15, 0.2) is 0 Å². The lowest BCUT2D eigenvalue weighted by atomic mass is 10.2. The fourth-order valence-corrected chi connectivity index (χ4v) is 2.61. The topological polar surface area (TPSA) is 13.1 Å². The molecule has 0 fully saturated rings. The molecule has 2 aromatic heterocycles. The first kappa shape index (κ1) is 10.1. The molecule has 0 aliphatic heterocycles. The monoisotopic (exact) mass is 246 g/mol. The van der Waals surface area contributed by atoms with Gasteiger partial charge in [-0.15, -0.1) is 34.5 Å². The van der Waals surface area contributed by atoms with E-state index in [2.05, 4.69) is 0 Å². The van der Waals surface area contributed by atoms with Crippen molar-refractivity contribution in [2.24, 2.45) is 0 Å². The molecule has 0 spiro atoms. The maximum absolute atomic E-state index is 6.21. The minimum Gasteiger partial charge on any atom is -0.468 e. The number of hydrogen-bond donors (Lipinski definition) is 0. The van der Waals surface area contributed by atoms with Crippen molar-refractivity contribution in [2.75, 3.05) is 0 Å². The Morgan fingerprint density at radius 3 is 2.57 bits per heavy atom. The average molecular weight is 247 g/mol. The fraction of sp³-hybridized carbons (Fsp3) is 0.200. The third kappa shape index (κ3) is 1.97. The number of thiophene rings is 1. The summed E-state index contributed by atoms with van der Waals surface area (Å²) in [7, 11) is 0. The maximum atomic E-state index is 6.21. The summed E-state index contributed by atoms with van der Waals surface area (Å²) in [5.74, 6) is 0.708. The highest BCUT2D eigenvalue weighted by atomic mass is 35.5. The molecule has 0 amide bonds. The van der Waals surface area contributed by atoms with Gasteiger partial charge in [-0.3, -0.25) is 0 Å². The molecule has 2 unspecified atom stereocenters. The molecular weight excluding hydrogens is 239 g/mol. The predicted molar refractivity (Wildman–Crippen MR) is 60.2 cm³/mol. The van der Waals surface area contributed by atoms with Gasteiger partial charge in [-0.05, 0) is 23.6 Å². The third-order valence-corrected chi connectivity index (χ3v) is 4.05. The van der Waals surface area contributed by atoms with E-state index in [-0.39, 0.29) is 10.8 Å². The lowest BCUT2D eigenvalue weighted by Gasteiger charge is -2.11. The molecular formula is C10H8Cl2OS. The lowest BCUT2D eigenvalue weighted by molar-refractivity contribution is 0.500. The SMILES string of the molecule is ClC(c1ccco1)C(Cl)c1cccs1. The Bertz CT molecular complexity index is 330. The summed E-state index contributed by atoms with van der Waals surface area (Å²) in [6.07, 6.45) is 1.60. The molecule has 1 nitrogen and oxygen atoms in total. The zero-order valence-corrected chi connectivity index (χ0v) is 9.52. The van der Waals surface area contributed by atoms with E-state index in [1.54, 1.807) is 17.6 Å². The lowest BCUT2D eigenvalue weighted by Crippen LogP contribution is -1.96. The molecule has 0 aromatic carbocycles. The Kier molecular flexibility index (Phi) is 3.16. The average Bonchev–Trinajstić information content (AvgIpc) is 2.87. The number of hydrogen-bond acceptors (Lipinski definition) is 2. The third-order valence-electron chi connectivity index (χ3n) is 1.89. The van der Waals surface area contributed by atoms with Crippen LogP contribution in [0.1, 0.15) is 21.4 Å². The Morgan fingerprint density at radius 1 is 1.14 bits per heavy atom. The highest BCUT2D eigenvalue weighted by molar-refractivity contribution is 7.10. The van der Waals surface area contributed by atoms with Crippen LogP contribution in [-0.2, 0) is 0 Å². The van der Waals surface area contributed by atoms with Crippen LogP contribution in [0.15, 0.2) is 40.3 Å². The molecule has 0 aliphatic carbocycles. The molecule has 0 bridgehead atoms. The first-order valence-electron chi connectivity index (χ1n) is 4.14. The van der Waals surface area contributed by atoms with E-state index in [0.717, 1.165) is 4.88 Å². The molecule has 2 atom stereocenters. The summed E-state index contributed by atoms with van der Waals surface area (Å²) < 4.78 is 5.20. The fourth-order valence-electron chi connectivity index (χ4n) is 1.18. The van der Waals surface area contributed by atoms with E-state index >= 15 is 0 Å². The van der Waals surface area contributed by atoms with Gasteiger partial charge in [-0.1, -0.05) is 6.07 Å². The molecule has 2 aromatic rings. The minimum absolute atomic E-state index is 0.234. The molecule has 74 valence electrons. The Balaban J connectivity index is 2.16. The number of alkyl halides is 2. The van der Waals surface area contributed by atoms with Crippen molar-refractivity contribution in [2.45, 2.75) is 10.8 Å². The Labute approximate surface area is 96.3 Å². The van der Waals surface area contributed by atoms with Crippen LogP contribution in [0.4, 0.5) is 0 Å². The summed E-state index contributed by atoms with van der Waals surface area (Å²) in [6.45, 7) is 0. The van der Waals surface area contributed by atoms with Crippen LogP contribution >= 0.6 is 34.5 Å².